The molecule has 0 unspecified atom stereocenters. The number of aromatic nitrogens is 3. The van der Waals surface area contributed by atoms with Crippen LogP contribution < -0.4 is 20.9 Å². The van der Waals surface area contributed by atoms with Crippen molar-refractivity contribution in [2.24, 2.45) is 5.92 Å². The highest BCUT2D eigenvalue weighted by Crippen LogP contribution is 2.31. The summed E-state index contributed by atoms with van der Waals surface area (Å²) >= 11 is 6.37. The number of halogens is 2. The van der Waals surface area contributed by atoms with Crippen LogP contribution >= 0.6 is 11.6 Å². The highest BCUT2D eigenvalue weighted by molar-refractivity contribution is 6.32. The summed E-state index contributed by atoms with van der Waals surface area (Å²) in [4.78, 5) is 28.4. The molecule has 2 aliphatic heterocycles. The van der Waals surface area contributed by atoms with Crippen LogP contribution in [0.15, 0.2) is 61.1 Å². The van der Waals surface area contributed by atoms with E-state index in [-0.39, 0.29) is 17.4 Å². The number of rotatable bonds is 4. The first-order chi connectivity index (χ1) is 20.4. The summed E-state index contributed by atoms with van der Waals surface area (Å²) in [5.41, 5.74) is 5.02. The largest absolute Gasteiger partial charge is 0.370 e. The van der Waals surface area contributed by atoms with Crippen molar-refractivity contribution in [2.45, 2.75) is 32.1 Å². The molecule has 0 saturated carbocycles. The number of benzene rings is 2. The molecule has 2 aliphatic rings. The molecule has 2 aromatic heterocycles. The second-order valence-corrected chi connectivity index (χ2v) is 10.9. The van der Waals surface area contributed by atoms with Crippen LogP contribution in [0.3, 0.4) is 0 Å². The Morgan fingerprint density at radius 2 is 1.95 bits per heavy atom. The van der Waals surface area contributed by atoms with Crippen molar-refractivity contribution < 1.29 is 9.18 Å². The molecule has 0 aliphatic carbocycles. The minimum absolute atomic E-state index is 0.0480. The third-order valence-corrected chi connectivity index (χ3v) is 7.93. The molecular weight excluding hydrogens is 555 g/mol. The maximum absolute atomic E-state index is 14.1. The molecule has 9 nitrogen and oxygen atoms in total. The van der Waals surface area contributed by atoms with Crippen molar-refractivity contribution in [3.63, 3.8) is 0 Å². The minimum Gasteiger partial charge on any atom is -0.370 e. The van der Waals surface area contributed by atoms with Gasteiger partial charge in [-0.05, 0) is 79.1 Å². The fraction of sp³-hybridized carbons (Fsp3) is 0.258. The standard InChI is InChI=1S/C31H28ClFN8O/c32-25-18-36-31-38-23-12-20(16-35-17-23)4-5-21-14-22(37-30(25)40-31)6-7-27(21)39-29(42)13-19-8-10-41(11-9-19)28-3-1-2-26(33)24(28)15-34/h1-3,6-7,12,14,16-19H,4-5,8-11,13H2,(H,39,42)(H2,36,37,38,40). The number of nitrogens with one attached hydrogen (secondary N) is 3. The van der Waals surface area contributed by atoms with E-state index in [1.807, 2.05) is 41.4 Å². The molecule has 1 fully saturated rings. The van der Waals surface area contributed by atoms with Gasteiger partial charge >= 0.3 is 0 Å². The summed E-state index contributed by atoms with van der Waals surface area (Å²) in [6.45, 7) is 1.33. The zero-order chi connectivity index (χ0) is 29.1. The summed E-state index contributed by atoms with van der Waals surface area (Å²) in [5, 5.41) is 19.4. The lowest BCUT2D eigenvalue weighted by Crippen LogP contribution is -2.35. The van der Waals surface area contributed by atoms with E-state index in [0.29, 0.717) is 48.4 Å². The van der Waals surface area contributed by atoms with Crippen molar-refractivity contribution in [2.75, 3.05) is 33.9 Å². The number of carbonyl (C=O) groups excluding carboxylic acids is 1. The molecule has 2 aromatic carbocycles. The summed E-state index contributed by atoms with van der Waals surface area (Å²) in [7, 11) is 0. The topological polar surface area (TPSA) is 119 Å². The quantitative estimate of drug-likeness (QED) is 0.254. The van der Waals surface area contributed by atoms with Gasteiger partial charge in [0.2, 0.25) is 11.9 Å². The van der Waals surface area contributed by atoms with Crippen LogP contribution in [0.5, 0.6) is 0 Å². The van der Waals surface area contributed by atoms with Crippen LogP contribution in [0.1, 0.15) is 36.0 Å². The van der Waals surface area contributed by atoms with E-state index in [1.165, 1.54) is 12.3 Å². The fourth-order valence-electron chi connectivity index (χ4n) is 5.48. The van der Waals surface area contributed by atoms with E-state index in [0.717, 1.165) is 47.5 Å². The molecule has 11 heteroatoms. The maximum atomic E-state index is 14.1. The van der Waals surface area contributed by atoms with Gasteiger partial charge in [-0.1, -0.05) is 17.7 Å². The molecule has 4 heterocycles. The van der Waals surface area contributed by atoms with Gasteiger partial charge < -0.3 is 20.9 Å². The van der Waals surface area contributed by atoms with E-state index in [2.05, 4.69) is 30.9 Å². The molecule has 4 aromatic rings. The minimum atomic E-state index is -0.508. The lowest BCUT2D eigenvalue weighted by atomic mass is 9.92. The van der Waals surface area contributed by atoms with Gasteiger partial charge in [-0.25, -0.2) is 9.37 Å². The number of pyridine rings is 1. The Bertz CT molecular complexity index is 1680. The molecule has 0 radical (unpaired) electrons. The number of hydrogen-bond donors (Lipinski definition) is 3. The Labute approximate surface area is 247 Å². The van der Waals surface area contributed by atoms with Crippen LogP contribution in [0, 0.1) is 23.1 Å². The third kappa shape index (κ3) is 6.11. The predicted octanol–water partition coefficient (Wildman–Crippen LogP) is 6.37. The zero-order valence-electron chi connectivity index (χ0n) is 22.7. The highest BCUT2D eigenvalue weighted by Gasteiger charge is 2.24. The number of aryl methyl sites for hydroxylation is 2. The Hall–Kier alpha value is -4.75. The summed E-state index contributed by atoms with van der Waals surface area (Å²) in [6.07, 6.45) is 8.43. The second-order valence-electron chi connectivity index (χ2n) is 10.5. The number of anilines is 6. The van der Waals surface area contributed by atoms with Gasteiger partial charge in [0.05, 0.1) is 23.8 Å². The molecule has 0 atom stereocenters. The van der Waals surface area contributed by atoms with E-state index >= 15 is 0 Å². The first-order valence-electron chi connectivity index (χ1n) is 13.8. The van der Waals surface area contributed by atoms with Crippen LogP contribution in [-0.4, -0.2) is 33.9 Å². The van der Waals surface area contributed by atoms with E-state index in [9.17, 15) is 14.4 Å². The number of hydrogen-bond acceptors (Lipinski definition) is 8. The van der Waals surface area contributed by atoms with E-state index in [4.69, 9.17) is 11.6 Å². The van der Waals surface area contributed by atoms with Crippen molar-refractivity contribution in [1.82, 2.24) is 15.0 Å². The number of nitriles is 1. The number of piperidine rings is 1. The Kier molecular flexibility index (Phi) is 7.84. The van der Waals surface area contributed by atoms with Crippen LogP contribution in [0.25, 0.3) is 0 Å². The van der Waals surface area contributed by atoms with Gasteiger partial charge in [-0.3, -0.25) is 9.78 Å². The molecule has 212 valence electrons. The van der Waals surface area contributed by atoms with Crippen molar-refractivity contribution in [3.05, 3.63) is 88.6 Å². The third-order valence-electron chi connectivity index (χ3n) is 7.65. The van der Waals surface area contributed by atoms with Gasteiger partial charge in [0.15, 0.2) is 5.82 Å². The lowest BCUT2D eigenvalue weighted by molar-refractivity contribution is -0.117. The first-order valence-corrected chi connectivity index (χ1v) is 14.2. The highest BCUT2D eigenvalue weighted by atomic mass is 35.5. The SMILES string of the molecule is N#Cc1c(F)cccc1N1CCC(CC(=O)Nc2ccc3cc2CCc2cncc(c2)Nc2ncc(Cl)c(n2)N3)CC1. The van der Waals surface area contributed by atoms with Crippen molar-refractivity contribution in [3.8, 4) is 6.07 Å². The second kappa shape index (κ2) is 12.0. The van der Waals surface area contributed by atoms with E-state index in [1.54, 1.807) is 18.3 Å². The number of carbonyl (C=O) groups is 1. The van der Waals surface area contributed by atoms with Crippen molar-refractivity contribution >= 4 is 52.0 Å². The molecular formula is C31H28ClFN8O. The average molecular weight is 583 g/mol. The Morgan fingerprint density at radius 3 is 2.79 bits per heavy atom. The number of amides is 1. The lowest BCUT2D eigenvalue weighted by Gasteiger charge is -2.34. The fourth-order valence-corrected chi connectivity index (χ4v) is 5.62. The molecule has 6 rings (SSSR count). The van der Waals surface area contributed by atoms with Gasteiger partial charge in [-0.2, -0.15) is 10.2 Å². The van der Waals surface area contributed by atoms with E-state index < -0.39 is 5.82 Å². The summed E-state index contributed by atoms with van der Waals surface area (Å²) < 4.78 is 14.1. The number of nitrogens with zero attached hydrogens (tertiary/aromatic N) is 5. The molecule has 0 spiro atoms. The van der Waals surface area contributed by atoms with Gasteiger partial charge in [-0.15, -0.1) is 0 Å². The molecule has 42 heavy (non-hydrogen) atoms. The average Bonchev–Trinajstić information content (AvgIpc) is 2.99. The normalized spacial score (nSPS) is 14.7. The van der Waals surface area contributed by atoms with Crippen molar-refractivity contribution in [1.29, 1.82) is 5.26 Å². The van der Waals surface area contributed by atoms with Crippen LogP contribution in [0.4, 0.5) is 38.9 Å². The zero-order valence-corrected chi connectivity index (χ0v) is 23.5. The molecule has 1 saturated heterocycles. The molecule has 1 amide bonds. The Morgan fingerprint density at radius 1 is 1.10 bits per heavy atom. The van der Waals surface area contributed by atoms with Gasteiger partial charge in [0, 0.05) is 37.1 Å². The maximum Gasteiger partial charge on any atom is 0.229 e. The van der Waals surface area contributed by atoms with Gasteiger partial charge in [0.25, 0.3) is 0 Å². The molecule has 3 N–H and O–H groups in total. The number of fused-ring (bicyclic) bond motifs is 6. The van der Waals surface area contributed by atoms with Gasteiger partial charge in [0.1, 0.15) is 22.5 Å². The first kappa shape index (κ1) is 27.4. The van der Waals surface area contributed by atoms with Crippen LogP contribution in [0.2, 0.25) is 5.02 Å². The summed E-state index contributed by atoms with van der Waals surface area (Å²) in [5.74, 6) is 0.505. The predicted molar refractivity (Wildman–Crippen MR) is 161 cm³/mol. The van der Waals surface area contributed by atoms with Crippen LogP contribution in [-0.2, 0) is 17.6 Å². The summed E-state index contributed by atoms with van der Waals surface area (Å²) in [6, 6.07) is 14.5. The molecule has 6 bridgehead atoms. The smallest absolute Gasteiger partial charge is 0.229 e. The Balaban J connectivity index is 1.16. The monoisotopic (exact) mass is 582 g/mol.